The number of nitrogens with two attached hydrogens (primary N) is 1. The highest BCUT2D eigenvalue weighted by Crippen LogP contribution is 1.89. The summed E-state index contributed by atoms with van der Waals surface area (Å²) in [5.41, 5.74) is 5.28. The Balaban J connectivity index is 3.49. The second-order valence-electron chi connectivity index (χ2n) is 1.87. The average Bonchev–Trinajstić information content (AvgIpc) is 1.89. The third-order valence-corrected chi connectivity index (χ3v) is 1.03. The first-order valence-corrected chi connectivity index (χ1v) is 3.25. The maximum Gasteiger partial charge on any atom is 0.322 e. The Morgan fingerprint density at radius 3 is 2.80 bits per heavy atom. The predicted molar refractivity (Wildman–Crippen MR) is 36.3 cm³/mol. The average molecular weight is 147 g/mol. The fraction of sp³-hybridized carbons (Fsp3) is 0.833. The summed E-state index contributed by atoms with van der Waals surface area (Å²) in [4.78, 5) is 10.7. The fourth-order valence-electron chi connectivity index (χ4n) is 0.506. The van der Waals surface area contributed by atoms with Crippen molar-refractivity contribution in [3.05, 3.63) is 0 Å². The van der Waals surface area contributed by atoms with Crippen LogP contribution in [0.1, 0.15) is 13.3 Å². The maximum absolute atomic E-state index is 10.7. The highest BCUT2D eigenvalue weighted by molar-refractivity contribution is 5.75. The fourth-order valence-corrected chi connectivity index (χ4v) is 0.506. The highest BCUT2D eigenvalue weighted by Gasteiger charge is 2.12. The molecule has 0 spiro atoms. The van der Waals surface area contributed by atoms with Crippen LogP contribution in [-0.4, -0.2) is 30.3 Å². The second-order valence-corrected chi connectivity index (χ2v) is 1.87. The molecule has 0 saturated heterocycles. The molecule has 0 amide bonds. The van der Waals surface area contributed by atoms with Crippen molar-refractivity contribution in [2.24, 2.45) is 5.73 Å². The third kappa shape index (κ3) is 3.42. The van der Waals surface area contributed by atoms with E-state index in [9.17, 15) is 4.79 Å². The van der Waals surface area contributed by atoms with E-state index in [1.165, 1.54) is 0 Å². The molecule has 0 fully saturated rings. The molecule has 10 heavy (non-hydrogen) atoms. The first-order chi connectivity index (χ1) is 4.72. The summed E-state index contributed by atoms with van der Waals surface area (Å²) in [7, 11) is 0. The van der Waals surface area contributed by atoms with Gasteiger partial charge in [-0.1, -0.05) is 0 Å². The van der Waals surface area contributed by atoms with Crippen molar-refractivity contribution in [1.29, 1.82) is 0 Å². The van der Waals surface area contributed by atoms with E-state index in [4.69, 9.17) is 10.8 Å². The number of ether oxygens (including phenoxy) is 1. The molecule has 0 rings (SSSR count). The molecule has 0 aliphatic heterocycles. The Morgan fingerprint density at radius 2 is 2.40 bits per heavy atom. The predicted octanol–water partition coefficient (Wildman–Crippen LogP) is -0.741. The summed E-state index contributed by atoms with van der Waals surface area (Å²) < 4.78 is 4.58. The van der Waals surface area contributed by atoms with Gasteiger partial charge in [-0.2, -0.15) is 0 Å². The first kappa shape index (κ1) is 9.39. The zero-order chi connectivity index (χ0) is 7.98. The van der Waals surface area contributed by atoms with Crippen molar-refractivity contribution in [2.45, 2.75) is 19.4 Å². The summed E-state index contributed by atoms with van der Waals surface area (Å²) in [5, 5.41) is 8.37. The molecule has 0 aromatic heterocycles. The molecule has 4 heteroatoms. The minimum Gasteiger partial charge on any atom is -0.465 e. The zero-order valence-electron chi connectivity index (χ0n) is 6.04. The van der Waals surface area contributed by atoms with Crippen molar-refractivity contribution in [1.82, 2.24) is 0 Å². The van der Waals surface area contributed by atoms with Gasteiger partial charge in [0.05, 0.1) is 6.61 Å². The van der Waals surface area contributed by atoms with Crippen molar-refractivity contribution in [3.8, 4) is 0 Å². The molecule has 0 radical (unpaired) electrons. The Labute approximate surface area is 60.0 Å². The van der Waals surface area contributed by atoms with Gasteiger partial charge < -0.3 is 15.6 Å². The Morgan fingerprint density at radius 1 is 1.80 bits per heavy atom. The van der Waals surface area contributed by atoms with Crippen molar-refractivity contribution >= 4 is 5.97 Å². The number of carbonyl (C=O) groups is 1. The summed E-state index contributed by atoms with van der Waals surface area (Å²) in [5.74, 6) is -0.448. The van der Waals surface area contributed by atoms with E-state index in [-0.39, 0.29) is 13.0 Å². The third-order valence-electron chi connectivity index (χ3n) is 1.03. The summed E-state index contributed by atoms with van der Waals surface area (Å²) in [6.07, 6.45) is 0.263. The first-order valence-electron chi connectivity index (χ1n) is 3.25. The van der Waals surface area contributed by atoms with Crippen molar-refractivity contribution < 1.29 is 14.6 Å². The van der Waals surface area contributed by atoms with Gasteiger partial charge in [0, 0.05) is 6.61 Å². The lowest BCUT2D eigenvalue weighted by Gasteiger charge is -2.07. The number of aliphatic hydroxyl groups is 1. The van der Waals surface area contributed by atoms with E-state index >= 15 is 0 Å². The van der Waals surface area contributed by atoms with Gasteiger partial charge in [-0.3, -0.25) is 4.79 Å². The van der Waals surface area contributed by atoms with E-state index in [2.05, 4.69) is 4.74 Å². The number of esters is 1. The molecule has 60 valence electrons. The van der Waals surface area contributed by atoms with Gasteiger partial charge in [0.2, 0.25) is 0 Å². The van der Waals surface area contributed by atoms with Gasteiger partial charge in [-0.25, -0.2) is 0 Å². The molecular formula is C6H13NO3. The minimum atomic E-state index is -0.676. The number of rotatable bonds is 4. The number of hydrogen-bond acceptors (Lipinski definition) is 4. The Kier molecular flexibility index (Phi) is 4.88. The zero-order valence-corrected chi connectivity index (χ0v) is 6.04. The topological polar surface area (TPSA) is 72.5 Å². The standard InChI is InChI=1S/C6H13NO3/c1-2-10-6(9)5(7)3-4-8/h5,8H,2-4,7H2,1H3/t5-/m0/s1. The van der Waals surface area contributed by atoms with Crippen molar-refractivity contribution in [3.63, 3.8) is 0 Å². The van der Waals surface area contributed by atoms with E-state index in [0.717, 1.165) is 0 Å². The molecule has 1 atom stereocenters. The van der Waals surface area contributed by atoms with Crippen LogP contribution >= 0.6 is 0 Å². The molecule has 0 aromatic rings. The van der Waals surface area contributed by atoms with Gasteiger partial charge >= 0.3 is 5.97 Å². The molecule has 0 aliphatic rings. The van der Waals surface area contributed by atoms with Crippen LogP contribution in [0.5, 0.6) is 0 Å². The molecule has 4 nitrogen and oxygen atoms in total. The molecule has 0 aromatic carbocycles. The number of hydrogen-bond donors (Lipinski definition) is 2. The molecular weight excluding hydrogens is 134 g/mol. The molecule has 0 aliphatic carbocycles. The normalized spacial score (nSPS) is 12.7. The summed E-state index contributed by atoms with van der Waals surface area (Å²) in [6.45, 7) is 1.96. The highest BCUT2D eigenvalue weighted by atomic mass is 16.5. The van der Waals surface area contributed by atoms with Crippen LogP contribution in [0.15, 0.2) is 0 Å². The van der Waals surface area contributed by atoms with Gasteiger partial charge in [-0.15, -0.1) is 0 Å². The van der Waals surface area contributed by atoms with Crippen LogP contribution in [0, 0.1) is 0 Å². The van der Waals surface area contributed by atoms with Crippen LogP contribution in [0.4, 0.5) is 0 Å². The smallest absolute Gasteiger partial charge is 0.322 e. The van der Waals surface area contributed by atoms with E-state index < -0.39 is 12.0 Å². The Bertz CT molecular complexity index is 105. The quantitative estimate of drug-likeness (QED) is 0.514. The van der Waals surface area contributed by atoms with Gasteiger partial charge in [0.1, 0.15) is 6.04 Å². The van der Waals surface area contributed by atoms with Gasteiger partial charge in [0.25, 0.3) is 0 Å². The van der Waals surface area contributed by atoms with Crippen LogP contribution < -0.4 is 5.73 Å². The van der Waals surface area contributed by atoms with Crippen LogP contribution in [-0.2, 0) is 9.53 Å². The molecule has 0 unspecified atom stereocenters. The van der Waals surface area contributed by atoms with Gasteiger partial charge in [0.15, 0.2) is 0 Å². The van der Waals surface area contributed by atoms with E-state index in [1.807, 2.05) is 0 Å². The van der Waals surface area contributed by atoms with Crippen LogP contribution in [0.3, 0.4) is 0 Å². The lowest BCUT2D eigenvalue weighted by molar-refractivity contribution is -0.145. The molecule has 0 saturated carbocycles. The molecule has 0 heterocycles. The maximum atomic E-state index is 10.7. The van der Waals surface area contributed by atoms with Gasteiger partial charge in [-0.05, 0) is 13.3 Å². The Hall–Kier alpha value is -0.610. The SMILES string of the molecule is CCOC(=O)[C@@H](N)CCO. The van der Waals surface area contributed by atoms with Crippen LogP contribution in [0.25, 0.3) is 0 Å². The lowest BCUT2D eigenvalue weighted by atomic mass is 10.2. The number of aliphatic hydroxyl groups excluding tert-OH is 1. The van der Waals surface area contributed by atoms with Crippen LogP contribution in [0.2, 0.25) is 0 Å². The summed E-state index contributed by atoms with van der Waals surface area (Å²) in [6, 6.07) is -0.676. The molecule has 0 bridgehead atoms. The summed E-state index contributed by atoms with van der Waals surface area (Å²) >= 11 is 0. The largest absolute Gasteiger partial charge is 0.465 e. The monoisotopic (exact) mass is 147 g/mol. The van der Waals surface area contributed by atoms with E-state index in [0.29, 0.717) is 6.61 Å². The minimum absolute atomic E-state index is 0.0834. The molecule has 3 N–H and O–H groups in total. The van der Waals surface area contributed by atoms with E-state index in [1.54, 1.807) is 6.92 Å². The van der Waals surface area contributed by atoms with Crippen molar-refractivity contribution in [2.75, 3.05) is 13.2 Å². The second kappa shape index (κ2) is 5.20. The lowest BCUT2D eigenvalue weighted by Crippen LogP contribution is -2.33. The number of carbonyl (C=O) groups excluding carboxylic acids is 1.